The lowest BCUT2D eigenvalue weighted by Crippen LogP contribution is -2.02. The van der Waals surface area contributed by atoms with Gasteiger partial charge in [-0.2, -0.15) is 5.26 Å². The van der Waals surface area contributed by atoms with Crippen molar-refractivity contribution >= 4 is 21.6 Å². The second kappa shape index (κ2) is 5.61. The van der Waals surface area contributed by atoms with Crippen LogP contribution in [0.2, 0.25) is 0 Å². The molecule has 2 aromatic rings. The molecule has 1 N–H and O–H groups in total. The largest absolute Gasteiger partial charge is 0.380 e. The van der Waals surface area contributed by atoms with Crippen LogP contribution in [0.15, 0.2) is 41.0 Å². The monoisotopic (exact) mass is 305 g/mol. The van der Waals surface area contributed by atoms with Gasteiger partial charge in [-0.3, -0.25) is 0 Å². The zero-order valence-corrected chi connectivity index (χ0v) is 10.9. The number of hydrogen-bond acceptors (Lipinski definition) is 3. The molecular weight excluding hydrogens is 297 g/mol. The third-order valence-corrected chi connectivity index (χ3v) is 3.01. The van der Waals surface area contributed by atoms with Gasteiger partial charge in [-0.05, 0) is 34.1 Å². The van der Waals surface area contributed by atoms with Crippen molar-refractivity contribution < 1.29 is 4.39 Å². The van der Waals surface area contributed by atoms with E-state index in [9.17, 15) is 4.39 Å². The molecule has 0 atom stereocenters. The van der Waals surface area contributed by atoms with E-state index in [4.69, 9.17) is 5.26 Å². The number of halogens is 2. The Morgan fingerprint density at radius 2 is 2.17 bits per heavy atom. The Hall–Kier alpha value is -1.93. The second-order valence-electron chi connectivity index (χ2n) is 3.61. The molecule has 5 heteroatoms. The van der Waals surface area contributed by atoms with Crippen molar-refractivity contribution in [2.24, 2.45) is 0 Å². The fraction of sp³-hybridized carbons (Fsp3) is 0.0769. The molecule has 90 valence electrons. The van der Waals surface area contributed by atoms with Crippen molar-refractivity contribution in [3.63, 3.8) is 0 Å². The van der Waals surface area contributed by atoms with Crippen LogP contribution in [0, 0.1) is 17.1 Å². The number of hydrogen-bond donors (Lipinski definition) is 1. The highest BCUT2D eigenvalue weighted by Gasteiger charge is 2.05. The maximum Gasteiger partial charge on any atom is 0.142 e. The zero-order valence-electron chi connectivity index (χ0n) is 9.32. The fourth-order valence-electron chi connectivity index (χ4n) is 1.45. The van der Waals surface area contributed by atoms with Gasteiger partial charge in [0.1, 0.15) is 17.6 Å². The van der Waals surface area contributed by atoms with Crippen LogP contribution >= 0.6 is 15.9 Å². The van der Waals surface area contributed by atoms with E-state index >= 15 is 0 Å². The van der Waals surface area contributed by atoms with Crippen molar-refractivity contribution in [2.75, 3.05) is 5.32 Å². The van der Waals surface area contributed by atoms with Crippen LogP contribution in [-0.4, -0.2) is 4.98 Å². The smallest absolute Gasteiger partial charge is 0.142 e. The van der Waals surface area contributed by atoms with Gasteiger partial charge in [0.25, 0.3) is 0 Å². The Morgan fingerprint density at radius 3 is 2.83 bits per heavy atom. The van der Waals surface area contributed by atoms with Crippen LogP contribution in [-0.2, 0) is 6.54 Å². The molecule has 0 aliphatic carbocycles. The molecule has 0 aliphatic heterocycles. The molecule has 0 fully saturated rings. The molecule has 1 heterocycles. The molecule has 0 spiro atoms. The minimum atomic E-state index is -0.272. The number of nitriles is 1. The molecule has 0 amide bonds. The maximum atomic E-state index is 13.7. The average Bonchev–Trinajstić information content (AvgIpc) is 2.41. The first-order chi connectivity index (χ1) is 8.70. The summed E-state index contributed by atoms with van der Waals surface area (Å²) in [5.74, 6) is -0.272. The van der Waals surface area contributed by atoms with Gasteiger partial charge in [0.15, 0.2) is 0 Å². The number of aromatic nitrogens is 1. The van der Waals surface area contributed by atoms with Crippen molar-refractivity contribution in [3.8, 4) is 6.07 Å². The van der Waals surface area contributed by atoms with Gasteiger partial charge in [0, 0.05) is 12.1 Å². The van der Waals surface area contributed by atoms with E-state index in [0.717, 1.165) is 5.69 Å². The number of pyridine rings is 1. The first kappa shape index (κ1) is 12.5. The van der Waals surface area contributed by atoms with Crippen LogP contribution in [0.1, 0.15) is 11.3 Å². The molecular formula is C13H9BrFN3. The number of nitrogens with zero attached hydrogens (tertiary/aromatic N) is 2. The Balaban J connectivity index is 2.07. The highest BCUT2D eigenvalue weighted by Crippen LogP contribution is 2.19. The van der Waals surface area contributed by atoms with Gasteiger partial charge in [-0.15, -0.1) is 0 Å². The molecule has 0 saturated heterocycles. The third-order valence-electron chi connectivity index (χ3n) is 2.39. The molecule has 1 aromatic carbocycles. The summed E-state index contributed by atoms with van der Waals surface area (Å²) in [6.07, 6.45) is 1.55. The highest BCUT2D eigenvalue weighted by atomic mass is 79.9. The first-order valence-corrected chi connectivity index (χ1v) is 6.03. The number of anilines is 1. The van der Waals surface area contributed by atoms with E-state index in [1.54, 1.807) is 36.5 Å². The van der Waals surface area contributed by atoms with E-state index < -0.39 is 0 Å². The molecule has 1 aromatic heterocycles. The van der Waals surface area contributed by atoms with E-state index in [1.807, 2.05) is 6.07 Å². The summed E-state index contributed by atoms with van der Waals surface area (Å²) in [6, 6.07) is 10.4. The highest BCUT2D eigenvalue weighted by molar-refractivity contribution is 9.10. The van der Waals surface area contributed by atoms with Gasteiger partial charge in [-0.25, -0.2) is 9.37 Å². The molecule has 0 unspecified atom stereocenters. The summed E-state index contributed by atoms with van der Waals surface area (Å²) in [5.41, 5.74) is 1.66. The Bertz CT molecular complexity index is 590. The average molecular weight is 306 g/mol. The standard InChI is InChI=1S/C13H9BrFN3/c14-12-3-1-2-9(13(12)15)7-17-11-5-4-10(6-16)18-8-11/h1-5,8,17H,7H2. The SMILES string of the molecule is N#Cc1ccc(NCc2cccc(Br)c2F)cn1. The van der Waals surface area contributed by atoms with Crippen LogP contribution in [0.25, 0.3) is 0 Å². The van der Waals surface area contributed by atoms with Crippen molar-refractivity contribution in [1.29, 1.82) is 5.26 Å². The fourth-order valence-corrected chi connectivity index (χ4v) is 1.85. The topological polar surface area (TPSA) is 48.7 Å². The van der Waals surface area contributed by atoms with E-state index in [2.05, 4.69) is 26.2 Å². The van der Waals surface area contributed by atoms with Crippen LogP contribution < -0.4 is 5.32 Å². The predicted molar refractivity (Wildman–Crippen MR) is 70.4 cm³/mol. The quantitative estimate of drug-likeness (QED) is 0.944. The zero-order chi connectivity index (χ0) is 13.0. The Morgan fingerprint density at radius 1 is 1.33 bits per heavy atom. The molecule has 0 saturated carbocycles. The van der Waals surface area contributed by atoms with Crippen LogP contribution in [0.4, 0.5) is 10.1 Å². The summed E-state index contributed by atoms with van der Waals surface area (Å²) >= 11 is 3.14. The van der Waals surface area contributed by atoms with Crippen LogP contribution in [0.3, 0.4) is 0 Å². The minimum absolute atomic E-state index is 0.272. The lowest BCUT2D eigenvalue weighted by Gasteiger charge is -2.07. The van der Waals surface area contributed by atoms with Crippen LogP contribution in [0.5, 0.6) is 0 Å². The first-order valence-electron chi connectivity index (χ1n) is 5.23. The second-order valence-corrected chi connectivity index (χ2v) is 4.46. The van der Waals surface area contributed by atoms with E-state index in [1.165, 1.54) is 0 Å². The predicted octanol–water partition coefficient (Wildman–Crippen LogP) is 3.47. The third kappa shape index (κ3) is 2.84. The Kier molecular flexibility index (Phi) is 3.90. The lowest BCUT2D eigenvalue weighted by molar-refractivity contribution is 0.606. The van der Waals surface area contributed by atoms with Crippen molar-refractivity contribution in [2.45, 2.75) is 6.54 Å². The molecule has 0 radical (unpaired) electrons. The van der Waals surface area contributed by atoms with E-state index in [-0.39, 0.29) is 5.82 Å². The molecule has 0 bridgehead atoms. The Labute approximate surface area is 112 Å². The molecule has 0 aliphatic rings. The van der Waals surface area contributed by atoms with Gasteiger partial charge in [-0.1, -0.05) is 12.1 Å². The number of benzene rings is 1. The maximum absolute atomic E-state index is 13.7. The number of rotatable bonds is 3. The van der Waals surface area contributed by atoms with Crippen molar-refractivity contribution in [3.05, 3.63) is 58.1 Å². The van der Waals surface area contributed by atoms with E-state index in [0.29, 0.717) is 22.3 Å². The summed E-state index contributed by atoms with van der Waals surface area (Å²) in [7, 11) is 0. The minimum Gasteiger partial charge on any atom is -0.380 e. The lowest BCUT2D eigenvalue weighted by atomic mass is 10.2. The summed E-state index contributed by atoms with van der Waals surface area (Å²) in [5, 5.41) is 11.7. The molecule has 2 rings (SSSR count). The summed E-state index contributed by atoms with van der Waals surface area (Å²) in [4.78, 5) is 3.92. The molecule has 3 nitrogen and oxygen atoms in total. The van der Waals surface area contributed by atoms with Gasteiger partial charge in [0.2, 0.25) is 0 Å². The molecule has 18 heavy (non-hydrogen) atoms. The van der Waals surface area contributed by atoms with Gasteiger partial charge in [0.05, 0.1) is 16.4 Å². The normalized spacial score (nSPS) is 9.83. The van der Waals surface area contributed by atoms with Crippen molar-refractivity contribution in [1.82, 2.24) is 4.98 Å². The van der Waals surface area contributed by atoms with Gasteiger partial charge >= 0.3 is 0 Å². The summed E-state index contributed by atoms with van der Waals surface area (Å²) < 4.78 is 14.1. The number of nitrogens with one attached hydrogen (secondary N) is 1. The summed E-state index contributed by atoms with van der Waals surface area (Å²) in [6.45, 7) is 0.360. The van der Waals surface area contributed by atoms with Gasteiger partial charge < -0.3 is 5.32 Å².